The minimum atomic E-state index is 0.471. The number of methoxy groups -OCH3 is 1. The predicted molar refractivity (Wildman–Crippen MR) is 111 cm³/mol. The summed E-state index contributed by atoms with van der Waals surface area (Å²) in [4.78, 5) is 8.36. The van der Waals surface area contributed by atoms with Crippen LogP contribution in [0.15, 0.2) is 42.9 Å². The molecule has 154 valence electrons. The van der Waals surface area contributed by atoms with E-state index < -0.39 is 0 Å². The van der Waals surface area contributed by atoms with Crippen molar-refractivity contribution >= 4 is 5.82 Å². The Morgan fingerprint density at radius 3 is 2.60 bits per heavy atom. The molecule has 0 fully saturated rings. The van der Waals surface area contributed by atoms with E-state index in [2.05, 4.69) is 30.6 Å². The zero-order chi connectivity index (χ0) is 20.9. The molecule has 0 bridgehead atoms. The molecule has 4 aromatic rings. The molecule has 1 aromatic carbocycles. The van der Waals surface area contributed by atoms with E-state index >= 15 is 0 Å². The molecule has 0 amide bonds. The molecule has 30 heavy (non-hydrogen) atoms. The first kappa shape index (κ1) is 19.5. The van der Waals surface area contributed by atoms with Gasteiger partial charge in [-0.2, -0.15) is 0 Å². The van der Waals surface area contributed by atoms with Gasteiger partial charge in [0.1, 0.15) is 23.1 Å². The summed E-state index contributed by atoms with van der Waals surface area (Å²) < 4.78 is 8.77. The number of anilines is 1. The number of hydrogen-bond acceptors (Lipinski definition) is 8. The quantitative estimate of drug-likeness (QED) is 0.472. The molecule has 2 N–H and O–H groups in total. The molecule has 3 heterocycles. The van der Waals surface area contributed by atoms with Gasteiger partial charge >= 0.3 is 0 Å². The number of nitrogens with two attached hydrogens (primary N) is 1. The molecule has 0 saturated carbocycles. The van der Waals surface area contributed by atoms with Crippen LogP contribution in [0.1, 0.15) is 23.5 Å². The Kier molecular flexibility index (Phi) is 5.64. The summed E-state index contributed by atoms with van der Waals surface area (Å²) in [5.41, 5.74) is 9.52. The average Bonchev–Trinajstić information content (AvgIpc) is 3.40. The fourth-order valence-electron chi connectivity index (χ4n) is 3.06. The van der Waals surface area contributed by atoms with Gasteiger partial charge in [-0.15, -0.1) is 10.2 Å². The Morgan fingerprint density at radius 1 is 1.03 bits per heavy atom. The average molecular weight is 405 g/mol. The second kappa shape index (κ2) is 8.68. The molecule has 0 aliphatic rings. The van der Waals surface area contributed by atoms with Crippen molar-refractivity contribution < 1.29 is 4.74 Å². The van der Waals surface area contributed by atoms with Crippen molar-refractivity contribution in [1.29, 1.82) is 0 Å². The van der Waals surface area contributed by atoms with Crippen LogP contribution < -0.4 is 10.5 Å². The van der Waals surface area contributed by atoms with Gasteiger partial charge in [0.05, 0.1) is 25.5 Å². The zero-order valence-electron chi connectivity index (χ0n) is 16.9. The topological polar surface area (TPSA) is 122 Å². The van der Waals surface area contributed by atoms with Crippen molar-refractivity contribution in [2.75, 3.05) is 12.8 Å². The van der Waals surface area contributed by atoms with Crippen LogP contribution in [0.2, 0.25) is 0 Å². The van der Waals surface area contributed by atoms with E-state index in [1.165, 1.54) is 0 Å². The summed E-state index contributed by atoms with van der Waals surface area (Å²) in [7, 11) is 1.65. The number of nitrogen functional groups attached to an aromatic ring is 1. The Bertz CT molecular complexity index is 1120. The van der Waals surface area contributed by atoms with Gasteiger partial charge < -0.3 is 10.5 Å². The van der Waals surface area contributed by atoms with E-state index in [4.69, 9.17) is 10.5 Å². The van der Waals surface area contributed by atoms with Gasteiger partial charge in [0.2, 0.25) is 0 Å². The lowest BCUT2D eigenvalue weighted by Crippen LogP contribution is -2.07. The third-order valence-corrected chi connectivity index (χ3v) is 4.68. The van der Waals surface area contributed by atoms with Crippen LogP contribution in [0, 0.1) is 6.92 Å². The van der Waals surface area contributed by atoms with Crippen molar-refractivity contribution in [3.8, 4) is 17.0 Å². The second-order valence-electron chi connectivity index (χ2n) is 6.93. The molecule has 3 aromatic heterocycles. The molecular formula is C20H23N9O. The summed E-state index contributed by atoms with van der Waals surface area (Å²) in [5, 5.41) is 16.9. The number of rotatable bonds is 8. The smallest absolute Gasteiger partial charge is 0.132 e. The van der Waals surface area contributed by atoms with Crippen LogP contribution in [0.4, 0.5) is 5.82 Å². The Hall–Kier alpha value is -3.82. The lowest BCUT2D eigenvalue weighted by atomic mass is 10.1. The van der Waals surface area contributed by atoms with Gasteiger partial charge in [-0.05, 0) is 44.0 Å². The van der Waals surface area contributed by atoms with Crippen molar-refractivity contribution in [2.45, 2.75) is 32.9 Å². The molecule has 0 aliphatic carbocycles. The molecule has 10 heteroatoms. The maximum absolute atomic E-state index is 5.94. The summed E-state index contributed by atoms with van der Waals surface area (Å²) in [6.45, 7) is 3.05. The fraction of sp³-hybridized carbons (Fsp3) is 0.300. The minimum absolute atomic E-state index is 0.471. The highest BCUT2D eigenvalue weighted by molar-refractivity contribution is 5.58. The zero-order valence-corrected chi connectivity index (χ0v) is 16.9. The molecule has 0 saturated heterocycles. The monoisotopic (exact) mass is 405 g/mol. The number of hydrogen-bond donors (Lipinski definition) is 1. The van der Waals surface area contributed by atoms with E-state index in [-0.39, 0.29) is 0 Å². The number of nitrogens with zero attached hydrogens (tertiary/aromatic N) is 8. The molecule has 10 nitrogen and oxygen atoms in total. The first-order valence-corrected chi connectivity index (χ1v) is 9.62. The maximum atomic E-state index is 5.94. The SMILES string of the molecule is COc1ccc(-c2cn(CCCc3cn(Cc4cnc(C)nc4N)nn3)nn2)cc1. The number of ether oxygens (including phenoxy) is 1. The summed E-state index contributed by atoms with van der Waals surface area (Å²) in [5.74, 6) is 1.94. The van der Waals surface area contributed by atoms with Gasteiger partial charge in [0.25, 0.3) is 0 Å². The number of aromatic nitrogens is 8. The molecule has 0 spiro atoms. The van der Waals surface area contributed by atoms with Crippen LogP contribution in [-0.2, 0) is 19.5 Å². The second-order valence-corrected chi connectivity index (χ2v) is 6.93. The predicted octanol–water partition coefficient (Wildman–Crippen LogP) is 1.91. The summed E-state index contributed by atoms with van der Waals surface area (Å²) in [6.07, 6.45) is 7.25. The van der Waals surface area contributed by atoms with Gasteiger partial charge in [-0.3, -0.25) is 4.68 Å². The Labute approximate surface area is 173 Å². The van der Waals surface area contributed by atoms with Crippen LogP contribution in [0.3, 0.4) is 0 Å². The van der Waals surface area contributed by atoms with Crippen molar-refractivity contribution in [2.24, 2.45) is 0 Å². The third kappa shape index (κ3) is 4.59. The summed E-state index contributed by atoms with van der Waals surface area (Å²) >= 11 is 0. The molecule has 0 atom stereocenters. The number of benzene rings is 1. The van der Waals surface area contributed by atoms with Gasteiger partial charge in [0, 0.05) is 30.1 Å². The van der Waals surface area contributed by atoms with E-state index in [0.29, 0.717) is 18.2 Å². The molecule has 0 unspecified atom stereocenters. The van der Waals surface area contributed by atoms with Crippen LogP contribution >= 0.6 is 0 Å². The first-order chi connectivity index (χ1) is 14.6. The number of aryl methyl sites for hydroxylation is 3. The van der Waals surface area contributed by atoms with E-state index in [1.807, 2.05) is 48.3 Å². The van der Waals surface area contributed by atoms with E-state index in [1.54, 1.807) is 18.0 Å². The minimum Gasteiger partial charge on any atom is -0.497 e. The van der Waals surface area contributed by atoms with Crippen molar-refractivity contribution in [3.63, 3.8) is 0 Å². The highest BCUT2D eigenvalue weighted by Gasteiger charge is 2.08. The normalized spacial score (nSPS) is 11.0. The third-order valence-electron chi connectivity index (χ3n) is 4.68. The summed E-state index contributed by atoms with van der Waals surface area (Å²) in [6, 6.07) is 7.76. The lowest BCUT2D eigenvalue weighted by Gasteiger charge is -2.04. The largest absolute Gasteiger partial charge is 0.497 e. The maximum Gasteiger partial charge on any atom is 0.132 e. The van der Waals surface area contributed by atoms with Gasteiger partial charge in [0.15, 0.2) is 0 Å². The van der Waals surface area contributed by atoms with E-state index in [0.717, 1.165) is 47.7 Å². The van der Waals surface area contributed by atoms with Crippen molar-refractivity contribution in [3.05, 3.63) is 59.9 Å². The molecule has 0 radical (unpaired) electrons. The molecular weight excluding hydrogens is 382 g/mol. The van der Waals surface area contributed by atoms with Crippen LogP contribution in [-0.4, -0.2) is 47.1 Å². The highest BCUT2D eigenvalue weighted by atomic mass is 16.5. The highest BCUT2D eigenvalue weighted by Crippen LogP contribution is 2.20. The Balaban J connectivity index is 1.30. The van der Waals surface area contributed by atoms with Gasteiger partial charge in [-0.1, -0.05) is 10.4 Å². The molecule has 0 aliphatic heterocycles. The van der Waals surface area contributed by atoms with Crippen LogP contribution in [0.5, 0.6) is 5.75 Å². The van der Waals surface area contributed by atoms with Crippen molar-refractivity contribution in [1.82, 2.24) is 40.0 Å². The van der Waals surface area contributed by atoms with E-state index in [9.17, 15) is 0 Å². The Morgan fingerprint density at radius 2 is 1.83 bits per heavy atom. The van der Waals surface area contributed by atoms with Gasteiger partial charge in [-0.25, -0.2) is 14.6 Å². The first-order valence-electron chi connectivity index (χ1n) is 9.62. The standard InChI is InChI=1S/C20H23N9O/c1-14-22-10-16(20(21)23-14)11-29-12-17(24-26-29)4-3-9-28-13-19(25-27-28)15-5-7-18(30-2)8-6-15/h5-8,10,12-13H,3-4,9,11H2,1-2H3,(H2,21,22,23). The van der Waals surface area contributed by atoms with Crippen LogP contribution in [0.25, 0.3) is 11.3 Å². The lowest BCUT2D eigenvalue weighted by molar-refractivity contribution is 0.415. The fourth-order valence-corrected chi connectivity index (χ4v) is 3.06. The molecule has 4 rings (SSSR count).